The first kappa shape index (κ1) is 16.3. The third-order valence-corrected chi connectivity index (χ3v) is 5.82. The molecule has 1 aromatic carbocycles. The van der Waals surface area contributed by atoms with Gasteiger partial charge in [0, 0.05) is 19.6 Å². The number of piperidine rings is 1. The Morgan fingerprint density at radius 1 is 1.12 bits per heavy atom. The highest BCUT2D eigenvalue weighted by Gasteiger charge is 2.38. The van der Waals surface area contributed by atoms with E-state index in [4.69, 9.17) is 0 Å². The van der Waals surface area contributed by atoms with Crippen LogP contribution in [0.2, 0.25) is 0 Å². The molecular weight excluding hydrogens is 314 g/mol. The Labute approximate surface area is 148 Å². The summed E-state index contributed by atoms with van der Waals surface area (Å²) in [6, 6.07) is 8.08. The van der Waals surface area contributed by atoms with E-state index in [2.05, 4.69) is 22.6 Å². The van der Waals surface area contributed by atoms with Crippen molar-refractivity contribution in [2.45, 2.75) is 33.1 Å². The van der Waals surface area contributed by atoms with Crippen LogP contribution in [0.5, 0.6) is 0 Å². The number of carbonyl (C=O) groups is 1. The van der Waals surface area contributed by atoms with Crippen LogP contribution in [0.3, 0.4) is 0 Å². The van der Waals surface area contributed by atoms with Gasteiger partial charge in [-0.25, -0.2) is 4.68 Å². The molecule has 1 aromatic heterocycles. The minimum atomic E-state index is 0.0108. The van der Waals surface area contributed by atoms with E-state index >= 15 is 0 Å². The number of nitrogens with zero attached hydrogens (tertiary/aromatic N) is 4. The van der Waals surface area contributed by atoms with Gasteiger partial charge >= 0.3 is 0 Å². The first-order valence-electron chi connectivity index (χ1n) is 9.07. The van der Waals surface area contributed by atoms with Crippen LogP contribution in [0.25, 0.3) is 5.69 Å². The van der Waals surface area contributed by atoms with E-state index in [1.165, 1.54) is 12.0 Å². The number of benzene rings is 1. The Morgan fingerprint density at radius 2 is 1.84 bits per heavy atom. The second-order valence-electron chi connectivity index (χ2n) is 7.49. The number of hydrogen-bond acceptors (Lipinski definition) is 4. The standard InChI is InChI=1S/C19H25N5O/c1-14-3-5-16(6-4-14)24-15(2)17(21-22-24)18(25)23-11-8-19(9-12-23)7-10-20-13-19/h3-6,20H,7-13H2,1-2H3. The lowest BCUT2D eigenvalue weighted by Crippen LogP contribution is -2.44. The van der Waals surface area contributed by atoms with Gasteiger partial charge in [-0.2, -0.15) is 0 Å². The van der Waals surface area contributed by atoms with Gasteiger partial charge < -0.3 is 10.2 Å². The average molecular weight is 339 g/mol. The third-order valence-electron chi connectivity index (χ3n) is 5.82. The van der Waals surface area contributed by atoms with Crippen LogP contribution < -0.4 is 5.32 Å². The molecule has 0 aliphatic carbocycles. The molecule has 4 rings (SSSR count). The highest BCUT2D eigenvalue weighted by molar-refractivity contribution is 5.93. The molecule has 2 aromatic rings. The molecule has 1 N–H and O–H groups in total. The van der Waals surface area contributed by atoms with Gasteiger partial charge in [0.25, 0.3) is 5.91 Å². The van der Waals surface area contributed by atoms with Crippen molar-refractivity contribution in [1.29, 1.82) is 0 Å². The lowest BCUT2D eigenvalue weighted by Gasteiger charge is -2.38. The smallest absolute Gasteiger partial charge is 0.276 e. The summed E-state index contributed by atoms with van der Waals surface area (Å²) in [7, 11) is 0. The van der Waals surface area contributed by atoms with Gasteiger partial charge in [0.15, 0.2) is 5.69 Å². The van der Waals surface area contributed by atoms with Gasteiger partial charge in [-0.1, -0.05) is 22.9 Å². The maximum Gasteiger partial charge on any atom is 0.276 e. The largest absolute Gasteiger partial charge is 0.337 e. The molecular formula is C19H25N5O. The second kappa shape index (κ2) is 6.26. The number of carbonyl (C=O) groups excluding carboxylic acids is 1. The minimum absolute atomic E-state index is 0.0108. The predicted molar refractivity (Wildman–Crippen MR) is 95.9 cm³/mol. The summed E-state index contributed by atoms with van der Waals surface area (Å²) < 4.78 is 1.75. The number of nitrogens with one attached hydrogen (secondary N) is 1. The number of aromatic nitrogens is 3. The highest BCUT2D eigenvalue weighted by atomic mass is 16.2. The summed E-state index contributed by atoms with van der Waals surface area (Å²) in [4.78, 5) is 14.9. The molecule has 25 heavy (non-hydrogen) atoms. The van der Waals surface area contributed by atoms with Crippen LogP contribution in [0.1, 0.15) is 41.0 Å². The molecule has 0 saturated carbocycles. The van der Waals surface area contributed by atoms with Gasteiger partial charge in [-0.3, -0.25) is 4.79 Å². The zero-order chi connectivity index (χ0) is 17.4. The first-order chi connectivity index (χ1) is 12.1. The van der Waals surface area contributed by atoms with Crippen molar-refractivity contribution in [3.05, 3.63) is 41.2 Å². The Kier molecular flexibility index (Phi) is 4.07. The maximum atomic E-state index is 12.9. The number of rotatable bonds is 2. The predicted octanol–water partition coefficient (Wildman–Crippen LogP) is 2.10. The maximum absolute atomic E-state index is 12.9. The fraction of sp³-hybridized carbons (Fsp3) is 0.526. The molecule has 0 bridgehead atoms. The van der Waals surface area contributed by atoms with E-state index in [0.29, 0.717) is 11.1 Å². The third kappa shape index (κ3) is 2.95. The summed E-state index contributed by atoms with van der Waals surface area (Å²) in [5.41, 5.74) is 3.81. The van der Waals surface area contributed by atoms with Gasteiger partial charge in [-0.05, 0) is 57.2 Å². The summed E-state index contributed by atoms with van der Waals surface area (Å²) in [6.45, 7) is 7.81. The Balaban J connectivity index is 1.50. The van der Waals surface area contributed by atoms with E-state index in [9.17, 15) is 4.79 Å². The second-order valence-corrected chi connectivity index (χ2v) is 7.49. The van der Waals surface area contributed by atoms with E-state index in [1.807, 2.05) is 36.1 Å². The molecule has 2 aliphatic rings. The normalized spacial score (nSPS) is 19.5. The summed E-state index contributed by atoms with van der Waals surface area (Å²) in [5, 5.41) is 11.9. The molecule has 0 unspecified atom stereocenters. The zero-order valence-electron chi connectivity index (χ0n) is 15.0. The Morgan fingerprint density at radius 3 is 2.48 bits per heavy atom. The van der Waals surface area contributed by atoms with Crippen molar-refractivity contribution in [1.82, 2.24) is 25.2 Å². The van der Waals surface area contributed by atoms with Crippen LogP contribution in [-0.4, -0.2) is 52.0 Å². The van der Waals surface area contributed by atoms with Crippen LogP contribution in [0.4, 0.5) is 0 Å². The number of likely N-dealkylation sites (tertiary alicyclic amines) is 1. The highest BCUT2D eigenvalue weighted by Crippen LogP contribution is 2.37. The van der Waals surface area contributed by atoms with E-state index < -0.39 is 0 Å². The van der Waals surface area contributed by atoms with Crippen molar-refractivity contribution < 1.29 is 4.79 Å². The van der Waals surface area contributed by atoms with E-state index in [1.54, 1.807) is 4.68 Å². The number of hydrogen-bond donors (Lipinski definition) is 1. The first-order valence-corrected chi connectivity index (χ1v) is 9.07. The van der Waals surface area contributed by atoms with Gasteiger partial charge in [0.1, 0.15) is 0 Å². The molecule has 132 valence electrons. The summed E-state index contributed by atoms with van der Waals surface area (Å²) in [6.07, 6.45) is 3.39. The summed E-state index contributed by atoms with van der Waals surface area (Å²) >= 11 is 0. The minimum Gasteiger partial charge on any atom is -0.337 e. The lowest BCUT2D eigenvalue weighted by atomic mass is 9.78. The van der Waals surface area contributed by atoms with Crippen molar-refractivity contribution in [2.24, 2.45) is 5.41 Å². The molecule has 1 amide bonds. The van der Waals surface area contributed by atoms with E-state index in [0.717, 1.165) is 50.4 Å². The molecule has 6 nitrogen and oxygen atoms in total. The molecule has 2 fully saturated rings. The van der Waals surface area contributed by atoms with Gasteiger partial charge in [-0.15, -0.1) is 5.10 Å². The zero-order valence-corrected chi connectivity index (χ0v) is 15.0. The van der Waals surface area contributed by atoms with Crippen LogP contribution in [0, 0.1) is 19.3 Å². The fourth-order valence-electron chi connectivity index (χ4n) is 4.01. The van der Waals surface area contributed by atoms with Gasteiger partial charge in [0.05, 0.1) is 11.4 Å². The summed E-state index contributed by atoms with van der Waals surface area (Å²) in [5.74, 6) is 0.0108. The molecule has 2 saturated heterocycles. The van der Waals surface area contributed by atoms with Crippen LogP contribution in [0.15, 0.2) is 24.3 Å². The van der Waals surface area contributed by atoms with E-state index in [-0.39, 0.29) is 5.91 Å². The average Bonchev–Trinajstić information content (AvgIpc) is 3.23. The SMILES string of the molecule is Cc1ccc(-n2nnc(C(=O)N3CCC4(CCNC4)CC3)c2C)cc1. The number of aryl methyl sites for hydroxylation is 1. The van der Waals surface area contributed by atoms with Crippen LogP contribution in [-0.2, 0) is 0 Å². The van der Waals surface area contributed by atoms with Crippen molar-refractivity contribution in [3.8, 4) is 5.69 Å². The number of amides is 1. The monoisotopic (exact) mass is 339 g/mol. The quantitative estimate of drug-likeness (QED) is 0.910. The molecule has 3 heterocycles. The molecule has 1 spiro atoms. The molecule has 0 radical (unpaired) electrons. The lowest BCUT2D eigenvalue weighted by molar-refractivity contribution is 0.0601. The fourth-order valence-corrected chi connectivity index (χ4v) is 4.01. The topological polar surface area (TPSA) is 63.1 Å². The van der Waals surface area contributed by atoms with Crippen molar-refractivity contribution in [3.63, 3.8) is 0 Å². The molecule has 6 heteroatoms. The van der Waals surface area contributed by atoms with Crippen LogP contribution >= 0.6 is 0 Å². The molecule has 2 aliphatic heterocycles. The Bertz CT molecular complexity index is 764. The Hall–Kier alpha value is -2.21. The van der Waals surface area contributed by atoms with Crippen molar-refractivity contribution >= 4 is 5.91 Å². The molecule has 0 atom stereocenters. The van der Waals surface area contributed by atoms with Crippen molar-refractivity contribution in [2.75, 3.05) is 26.2 Å². The van der Waals surface area contributed by atoms with Gasteiger partial charge in [0.2, 0.25) is 0 Å².